The highest BCUT2D eigenvalue weighted by atomic mass is 16.6. The van der Waals surface area contributed by atoms with Crippen LogP contribution in [0.3, 0.4) is 0 Å². The number of carbonyl (C=O) groups is 2. The zero-order chi connectivity index (χ0) is 25.1. The van der Waals surface area contributed by atoms with Gasteiger partial charge in [0.15, 0.2) is 17.5 Å². The number of hydrogen-bond acceptors (Lipinski definition) is 6. The van der Waals surface area contributed by atoms with Gasteiger partial charge >= 0.3 is 5.97 Å². The summed E-state index contributed by atoms with van der Waals surface area (Å²) < 4.78 is 12.3. The molecule has 2 aliphatic heterocycles. The summed E-state index contributed by atoms with van der Waals surface area (Å²) in [4.78, 5) is 25.8. The Morgan fingerprint density at radius 2 is 1.91 bits per heavy atom. The van der Waals surface area contributed by atoms with Gasteiger partial charge in [0.2, 0.25) is 0 Å². The fourth-order valence-electron chi connectivity index (χ4n) is 9.17. The first-order valence-electron chi connectivity index (χ1n) is 13.7. The lowest BCUT2D eigenvalue weighted by molar-refractivity contribution is -0.179. The molecular formula is C29H40O6. The first-order valence-corrected chi connectivity index (χ1v) is 13.7. The van der Waals surface area contributed by atoms with Gasteiger partial charge < -0.3 is 19.7 Å². The van der Waals surface area contributed by atoms with Crippen molar-refractivity contribution in [2.75, 3.05) is 0 Å². The first-order chi connectivity index (χ1) is 16.4. The van der Waals surface area contributed by atoms with Crippen molar-refractivity contribution in [3.63, 3.8) is 0 Å². The molecule has 2 N–H and O–H groups in total. The van der Waals surface area contributed by atoms with E-state index in [0.717, 1.165) is 44.9 Å². The van der Waals surface area contributed by atoms with Crippen LogP contribution in [0.2, 0.25) is 0 Å². The van der Waals surface area contributed by atoms with E-state index < -0.39 is 29.6 Å². The SMILES string of the molecule is CC(=O)C(O)(C(C)C)C1OC(=O)C2C1OC1C=C3C4=C(CCC3(C)C12)C1(C)CCC(O)CC1CC4. The van der Waals surface area contributed by atoms with E-state index in [1.165, 1.54) is 18.1 Å². The predicted octanol–water partition coefficient (Wildman–Crippen LogP) is 3.89. The predicted molar refractivity (Wildman–Crippen MR) is 129 cm³/mol. The number of rotatable bonds is 3. The van der Waals surface area contributed by atoms with Crippen LogP contribution >= 0.6 is 0 Å². The molecule has 3 fully saturated rings. The van der Waals surface area contributed by atoms with Crippen LogP contribution in [0.1, 0.15) is 79.6 Å². The van der Waals surface area contributed by atoms with Crippen LogP contribution in [0.25, 0.3) is 0 Å². The molecule has 10 atom stereocenters. The zero-order valence-electron chi connectivity index (χ0n) is 21.7. The van der Waals surface area contributed by atoms with Gasteiger partial charge in [0, 0.05) is 5.92 Å². The molecule has 6 nitrogen and oxygen atoms in total. The maximum atomic E-state index is 13.3. The molecule has 0 amide bonds. The van der Waals surface area contributed by atoms with Crippen molar-refractivity contribution in [1.29, 1.82) is 0 Å². The zero-order valence-corrected chi connectivity index (χ0v) is 21.7. The highest BCUT2D eigenvalue weighted by Gasteiger charge is 2.69. The fraction of sp³-hybridized carbons (Fsp3) is 0.793. The number of ketones is 1. The molecule has 192 valence electrons. The van der Waals surface area contributed by atoms with Crippen molar-refractivity contribution in [3.8, 4) is 0 Å². The molecule has 2 saturated heterocycles. The third kappa shape index (κ3) is 2.93. The molecule has 35 heavy (non-hydrogen) atoms. The lowest BCUT2D eigenvalue weighted by atomic mass is 9.51. The number of ether oxygens (including phenoxy) is 2. The summed E-state index contributed by atoms with van der Waals surface area (Å²) in [5.74, 6) is -1.06. The third-order valence-electron chi connectivity index (χ3n) is 11.3. The average Bonchev–Trinajstić information content (AvgIpc) is 3.41. The van der Waals surface area contributed by atoms with Gasteiger partial charge in [-0.15, -0.1) is 0 Å². The Bertz CT molecular complexity index is 1040. The lowest BCUT2D eigenvalue weighted by Crippen LogP contribution is -2.57. The smallest absolute Gasteiger partial charge is 0.312 e. The molecule has 0 radical (unpaired) electrons. The quantitative estimate of drug-likeness (QED) is 0.591. The van der Waals surface area contributed by atoms with E-state index in [1.54, 1.807) is 19.4 Å². The van der Waals surface area contributed by atoms with Crippen LogP contribution in [-0.2, 0) is 19.1 Å². The topological polar surface area (TPSA) is 93.1 Å². The van der Waals surface area contributed by atoms with E-state index in [4.69, 9.17) is 9.47 Å². The van der Waals surface area contributed by atoms with Crippen molar-refractivity contribution < 1.29 is 29.3 Å². The lowest BCUT2D eigenvalue weighted by Gasteiger charge is -2.53. The maximum Gasteiger partial charge on any atom is 0.312 e. The van der Waals surface area contributed by atoms with E-state index >= 15 is 0 Å². The Labute approximate surface area is 208 Å². The number of esters is 1. The molecule has 1 saturated carbocycles. The van der Waals surface area contributed by atoms with E-state index in [0.29, 0.717) is 5.92 Å². The molecule has 0 spiro atoms. The Morgan fingerprint density at radius 3 is 2.60 bits per heavy atom. The van der Waals surface area contributed by atoms with Crippen LogP contribution < -0.4 is 0 Å². The highest BCUT2D eigenvalue weighted by Crippen LogP contribution is 2.67. The molecule has 6 aliphatic rings. The second kappa shape index (κ2) is 7.52. The number of allylic oxidation sites excluding steroid dienone is 3. The summed E-state index contributed by atoms with van der Waals surface area (Å²) in [6.07, 6.45) is 7.28. The Morgan fingerprint density at radius 1 is 1.17 bits per heavy atom. The average molecular weight is 485 g/mol. The summed E-state index contributed by atoms with van der Waals surface area (Å²) >= 11 is 0. The van der Waals surface area contributed by atoms with E-state index in [1.807, 2.05) is 0 Å². The number of hydrogen-bond donors (Lipinski definition) is 2. The number of Topliss-reactive ketones (excluding diaryl/α,β-unsaturated/α-hetero) is 1. The van der Waals surface area contributed by atoms with E-state index in [2.05, 4.69) is 19.9 Å². The van der Waals surface area contributed by atoms with Crippen LogP contribution in [0.4, 0.5) is 0 Å². The van der Waals surface area contributed by atoms with Crippen LogP contribution in [-0.4, -0.2) is 52.0 Å². The van der Waals surface area contributed by atoms with Crippen LogP contribution in [0, 0.1) is 34.5 Å². The van der Waals surface area contributed by atoms with Crippen molar-refractivity contribution in [2.24, 2.45) is 34.5 Å². The molecule has 0 aromatic carbocycles. The van der Waals surface area contributed by atoms with Gasteiger partial charge in [0.1, 0.15) is 6.10 Å². The Hall–Kier alpha value is -1.50. The van der Waals surface area contributed by atoms with Gasteiger partial charge in [-0.2, -0.15) is 0 Å². The number of fused-ring (bicyclic) bond motifs is 8. The van der Waals surface area contributed by atoms with Gasteiger partial charge in [-0.05, 0) is 85.7 Å². The first kappa shape index (κ1) is 23.9. The summed E-state index contributed by atoms with van der Waals surface area (Å²) in [6, 6.07) is 0. The molecule has 0 bridgehead atoms. The second-order valence-corrected chi connectivity index (χ2v) is 13.0. The minimum absolute atomic E-state index is 0.0314. The summed E-state index contributed by atoms with van der Waals surface area (Å²) in [7, 11) is 0. The highest BCUT2D eigenvalue weighted by molar-refractivity contribution is 5.88. The van der Waals surface area contributed by atoms with Gasteiger partial charge in [-0.25, -0.2) is 0 Å². The molecule has 10 unspecified atom stereocenters. The standard InChI is InChI=1S/C29H40O6/c1-14(2)29(33,15(3)30)25-24-22(26(32)35-25)23-21(34-24)13-20-18-7-6-16-12-17(31)8-10-27(16,4)19(18)9-11-28(20,23)5/h13-14,16-17,21-25,31,33H,6-12H2,1-5H3. The maximum absolute atomic E-state index is 13.3. The van der Waals surface area contributed by atoms with Gasteiger partial charge in [-0.1, -0.05) is 39.3 Å². The molecule has 2 heterocycles. The van der Waals surface area contributed by atoms with E-state index in [-0.39, 0.29) is 40.7 Å². The molecule has 0 aromatic rings. The largest absolute Gasteiger partial charge is 0.456 e. The molecule has 6 rings (SSSR count). The number of aliphatic hydroxyl groups is 2. The molecule has 4 aliphatic carbocycles. The van der Waals surface area contributed by atoms with E-state index in [9.17, 15) is 19.8 Å². The van der Waals surface area contributed by atoms with Crippen molar-refractivity contribution >= 4 is 11.8 Å². The van der Waals surface area contributed by atoms with Crippen molar-refractivity contribution in [3.05, 3.63) is 22.8 Å². The number of carbonyl (C=O) groups excluding carboxylic acids is 2. The van der Waals surface area contributed by atoms with Gasteiger partial charge in [-0.3, -0.25) is 9.59 Å². The van der Waals surface area contributed by atoms with Gasteiger partial charge in [0.05, 0.1) is 18.1 Å². The summed E-state index contributed by atoms with van der Waals surface area (Å²) in [5, 5.41) is 21.6. The normalized spacial score (nSPS) is 47.8. The number of aliphatic hydroxyl groups excluding tert-OH is 1. The minimum atomic E-state index is -1.75. The van der Waals surface area contributed by atoms with Crippen molar-refractivity contribution in [2.45, 2.75) is 110 Å². The summed E-state index contributed by atoms with van der Waals surface area (Å²) in [6.45, 7) is 9.64. The fourth-order valence-corrected chi connectivity index (χ4v) is 9.17. The third-order valence-corrected chi connectivity index (χ3v) is 11.3. The summed E-state index contributed by atoms with van der Waals surface area (Å²) in [5.41, 5.74) is 2.65. The minimum Gasteiger partial charge on any atom is -0.456 e. The monoisotopic (exact) mass is 484 g/mol. The van der Waals surface area contributed by atoms with Gasteiger partial charge in [0.25, 0.3) is 0 Å². The van der Waals surface area contributed by atoms with Crippen LogP contribution in [0.15, 0.2) is 22.8 Å². The Kier molecular flexibility index (Phi) is 5.13. The number of cyclic esters (lactones) is 1. The second-order valence-electron chi connectivity index (χ2n) is 13.0. The molecule has 0 aromatic heterocycles. The van der Waals surface area contributed by atoms with Crippen LogP contribution in [0.5, 0.6) is 0 Å². The molecule has 6 heteroatoms. The Balaban J connectivity index is 1.36. The van der Waals surface area contributed by atoms with Crippen molar-refractivity contribution in [1.82, 2.24) is 0 Å². The molecular weight excluding hydrogens is 444 g/mol.